The molecule has 1 aromatic heterocycles. The Morgan fingerprint density at radius 3 is 2.29 bits per heavy atom. The molecule has 1 N–H and O–H groups in total. The van der Waals surface area contributed by atoms with Crippen LogP contribution in [0.4, 0.5) is 0 Å². The summed E-state index contributed by atoms with van der Waals surface area (Å²) in [6.07, 6.45) is 0. The highest BCUT2D eigenvalue weighted by atomic mass is 16.1. The lowest BCUT2D eigenvalue weighted by Gasteiger charge is -2.09. The monoisotopic (exact) mass is 271 g/mol. The molecule has 4 aromatic rings. The van der Waals surface area contributed by atoms with Gasteiger partial charge in [-0.05, 0) is 21.7 Å². The molecule has 2 heteroatoms. The molecule has 2 nitrogen and oxygen atoms in total. The zero-order valence-electron chi connectivity index (χ0n) is 11.3. The third-order valence-corrected chi connectivity index (χ3v) is 3.83. The summed E-state index contributed by atoms with van der Waals surface area (Å²) < 4.78 is 0. The van der Waals surface area contributed by atoms with Crippen LogP contribution >= 0.6 is 0 Å². The standard InChI is InChI=1S/C19H13NO/c21-18-12-17-15-9-5-4-6-13(15)10-11-16(17)19(20-18)14-7-2-1-3-8-14/h1-12H,(H,20,21). The predicted molar refractivity (Wildman–Crippen MR) is 87.5 cm³/mol. The van der Waals surface area contributed by atoms with Gasteiger partial charge in [-0.25, -0.2) is 0 Å². The number of aromatic amines is 1. The summed E-state index contributed by atoms with van der Waals surface area (Å²) in [4.78, 5) is 15.0. The highest BCUT2D eigenvalue weighted by molar-refractivity contribution is 6.11. The SMILES string of the molecule is O=c1cc2c(ccc3ccccc32)c(-c2ccccc2)[nH]1. The van der Waals surface area contributed by atoms with E-state index >= 15 is 0 Å². The summed E-state index contributed by atoms with van der Waals surface area (Å²) in [5.41, 5.74) is 1.83. The summed E-state index contributed by atoms with van der Waals surface area (Å²) in [5.74, 6) is 0. The molecule has 0 amide bonds. The van der Waals surface area contributed by atoms with Crippen LogP contribution in [-0.2, 0) is 0 Å². The number of fused-ring (bicyclic) bond motifs is 3. The smallest absolute Gasteiger partial charge is 0.249 e. The van der Waals surface area contributed by atoms with E-state index in [-0.39, 0.29) is 5.56 Å². The number of hydrogen-bond acceptors (Lipinski definition) is 1. The zero-order chi connectivity index (χ0) is 14.2. The minimum atomic E-state index is -0.0716. The van der Waals surface area contributed by atoms with Gasteiger partial charge in [-0.2, -0.15) is 0 Å². The molecular weight excluding hydrogens is 258 g/mol. The van der Waals surface area contributed by atoms with Crippen molar-refractivity contribution >= 4 is 21.5 Å². The molecule has 0 spiro atoms. The Labute approximate surface area is 121 Å². The average molecular weight is 271 g/mol. The Balaban J connectivity index is 2.18. The molecule has 0 aliphatic rings. The van der Waals surface area contributed by atoms with Crippen LogP contribution in [0.5, 0.6) is 0 Å². The molecule has 0 unspecified atom stereocenters. The Morgan fingerprint density at radius 1 is 0.667 bits per heavy atom. The van der Waals surface area contributed by atoms with Crippen LogP contribution in [0, 0.1) is 0 Å². The molecule has 0 bridgehead atoms. The Hall–Kier alpha value is -2.87. The summed E-state index contributed by atoms with van der Waals surface area (Å²) in [5, 5.41) is 4.32. The van der Waals surface area contributed by atoms with E-state index in [2.05, 4.69) is 29.2 Å². The van der Waals surface area contributed by atoms with Gasteiger partial charge in [0, 0.05) is 11.5 Å². The second-order valence-electron chi connectivity index (χ2n) is 5.12. The van der Waals surface area contributed by atoms with Crippen molar-refractivity contribution in [2.24, 2.45) is 0 Å². The van der Waals surface area contributed by atoms with E-state index in [9.17, 15) is 4.79 Å². The highest BCUT2D eigenvalue weighted by Crippen LogP contribution is 2.30. The largest absolute Gasteiger partial charge is 0.321 e. The highest BCUT2D eigenvalue weighted by Gasteiger charge is 2.08. The van der Waals surface area contributed by atoms with E-state index in [4.69, 9.17) is 0 Å². The first-order valence-electron chi connectivity index (χ1n) is 6.93. The van der Waals surface area contributed by atoms with Crippen molar-refractivity contribution in [1.82, 2.24) is 4.98 Å². The van der Waals surface area contributed by atoms with Crippen molar-refractivity contribution in [3.05, 3.63) is 83.2 Å². The minimum absolute atomic E-state index is 0.0716. The normalized spacial score (nSPS) is 11.0. The topological polar surface area (TPSA) is 32.9 Å². The van der Waals surface area contributed by atoms with Crippen molar-refractivity contribution in [2.75, 3.05) is 0 Å². The van der Waals surface area contributed by atoms with Gasteiger partial charge >= 0.3 is 0 Å². The number of hydrogen-bond donors (Lipinski definition) is 1. The van der Waals surface area contributed by atoms with Crippen LogP contribution in [0.3, 0.4) is 0 Å². The second kappa shape index (κ2) is 4.60. The number of nitrogens with one attached hydrogen (secondary N) is 1. The van der Waals surface area contributed by atoms with Crippen LogP contribution in [0.25, 0.3) is 32.8 Å². The lowest BCUT2D eigenvalue weighted by atomic mass is 9.99. The van der Waals surface area contributed by atoms with Gasteiger partial charge in [0.15, 0.2) is 0 Å². The van der Waals surface area contributed by atoms with Gasteiger partial charge in [0.05, 0.1) is 5.69 Å². The first-order valence-corrected chi connectivity index (χ1v) is 6.93. The Kier molecular flexibility index (Phi) is 2.61. The summed E-state index contributed by atoms with van der Waals surface area (Å²) in [6.45, 7) is 0. The number of H-pyrrole nitrogens is 1. The van der Waals surface area contributed by atoms with E-state index in [1.807, 2.05) is 42.5 Å². The van der Waals surface area contributed by atoms with E-state index < -0.39 is 0 Å². The summed E-state index contributed by atoms with van der Waals surface area (Å²) in [6, 6.07) is 24.0. The molecule has 0 fully saturated rings. The van der Waals surface area contributed by atoms with E-state index in [1.54, 1.807) is 6.07 Å². The number of benzene rings is 3. The lowest BCUT2D eigenvalue weighted by Crippen LogP contribution is -2.05. The van der Waals surface area contributed by atoms with Gasteiger partial charge in [-0.15, -0.1) is 0 Å². The van der Waals surface area contributed by atoms with Crippen molar-refractivity contribution in [2.45, 2.75) is 0 Å². The van der Waals surface area contributed by atoms with E-state index in [0.29, 0.717) is 0 Å². The molecular formula is C19H13NO. The first-order chi connectivity index (χ1) is 10.3. The lowest BCUT2D eigenvalue weighted by molar-refractivity contribution is 1.27. The molecule has 4 rings (SSSR count). The van der Waals surface area contributed by atoms with Crippen LogP contribution < -0.4 is 5.56 Å². The average Bonchev–Trinajstić information content (AvgIpc) is 2.55. The van der Waals surface area contributed by atoms with Crippen molar-refractivity contribution in [3.8, 4) is 11.3 Å². The quantitative estimate of drug-likeness (QED) is 0.513. The zero-order valence-corrected chi connectivity index (χ0v) is 11.3. The van der Waals surface area contributed by atoms with Crippen LogP contribution in [0.2, 0.25) is 0 Å². The summed E-state index contributed by atoms with van der Waals surface area (Å²) >= 11 is 0. The van der Waals surface area contributed by atoms with Crippen molar-refractivity contribution < 1.29 is 0 Å². The van der Waals surface area contributed by atoms with Gasteiger partial charge in [-0.1, -0.05) is 66.7 Å². The van der Waals surface area contributed by atoms with Crippen LogP contribution in [0.1, 0.15) is 0 Å². The van der Waals surface area contributed by atoms with Gasteiger partial charge in [0.1, 0.15) is 0 Å². The number of rotatable bonds is 1. The maximum atomic E-state index is 12.1. The fraction of sp³-hybridized carbons (Fsp3) is 0. The Morgan fingerprint density at radius 2 is 1.43 bits per heavy atom. The van der Waals surface area contributed by atoms with Crippen molar-refractivity contribution in [1.29, 1.82) is 0 Å². The maximum absolute atomic E-state index is 12.1. The third-order valence-electron chi connectivity index (χ3n) is 3.83. The van der Waals surface area contributed by atoms with Crippen molar-refractivity contribution in [3.63, 3.8) is 0 Å². The number of pyridine rings is 1. The summed E-state index contributed by atoms with van der Waals surface area (Å²) in [7, 11) is 0. The molecule has 100 valence electrons. The van der Waals surface area contributed by atoms with E-state index in [0.717, 1.165) is 32.8 Å². The molecule has 21 heavy (non-hydrogen) atoms. The maximum Gasteiger partial charge on any atom is 0.249 e. The molecule has 3 aromatic carbocycles. The second-order valence-corrected chi connectivity index (χ2v) is 5.12. The van der Waals surface area contributed by atoms with Gasteiger partial charge in [0.2, 0.25) is 5.56 Å². The third kappa shape index (κ3) is 1.93. The fourth-order valence-corrected chi connectivity index (χ4v) is 2.86. The molecule has 0 radical (unpaired) electrons. The van der Waals surface area contributed by atoms with Gasteiger partial charge in [-0.3, -0.25) is 4.79 Å². The molecule has 0 aliphatic carbocycles. The molecule has 0 aliphatic heterocycles. The predicted octanol–water partition coefficient (Wildman–Crippen LogP) is 4.35. The minimum Gasteiger partial charge on any atom is -0.321 e. The Bertz CT molecular complexity index is 1000. The molecule has 0 atom stereocenters. The molecule has 0 saturated carbocycles. The molecule has 1 heterocycles. The first kappa shape index (κ1) is 11.9. The number of aromatic nitrogens is 1. The van der Waals surface area contributed by atoms with E-state index in [1.165, 1.54) is 0 Å². The van der Waals surface area contributed by atoms with Gasteiger partial charge in [0.25, 0.3) is 0 Å². The van der Waals surface area contributed by atoms with Crippen LogP contribution in [-0.4, -0.2) is 4.98 Å². The fourth-order valence-electron chi connectivity index (χ4n) is 2.86. The molecule has 0 saturated heterocycles. The van der Waals surface area contributed by atoms with Crippen LogP contribution in [0.15, 0.2) is 77.6 Å². The van der Waals surface area contributed by atoms with Gasteiger partial charge < -0.3 is 4.98 Å².